The topological polar surface area (TPSA) is 98.0 Å². The Morgan fingerprint density at radius 2 is 1.96 bits per heavy atom. The molecule has 1 N–H and O–H groups in total. The van der Waals surface area contributed by atoms with Gasteiger partial charge in [-0.3, -0.25) is 19.7 Å². The first kappa shape index (κ1) is 17.8. The van der Waals surface area contributed by atoms with E-state index in [1.165, 1.54) is 24.8 Å². The fourth-order valence-electron chi connectivity index (χ4n) is 2.94. The molecule has 0 saturated heterocycles. The van der Waals surface area contributed by atoms with Crippen LogP contribution in [0.1, 0.15) is 23.0 Å². The Morgan fingerprint density at radius 3 is 2.50 bits per heavy atom. The Labute approximate surface area is 154 Å². The Hall–Kier alpha value is -3.06. The molecule has 8 heteroatoms. The summed E-state index contributed by atoms with van der Waals surface area (Å²) >= 11 is 5.88. The second-order valence-corrected chi connectivity index (χ2v) is 5.95. The zero-order valence-corrected chi connectivity index (χ0v) is 14.9. The molecule has 3 rings (SSSR count). The quantitative estimate of drug-likeness (QED) is 0.757. The van der Waals surface area contributed by atoms with Crippen LogP contribution in [0.2, 0.25) is 5.02 Å². The van der Waals surface area contributed by atoms with Crippen LogP contribution < -0.4 is 5.43 Å². The number of halogens is 1. The van der Waals surface area contributed by atoms with E-state index in [9.17, 15) is 14.7 Å². The van der Waals surface area contributed by atoms with Crippen molar-refractivity contribution in [2.45, 2.75) is 20.4 Å². The molecule has 0 radical (unpaired) electrons. The third-order valence-electron chi connectivity index (χ3n) is 4.05. The van der Waals surface area contributed by atoms with E-state index < -0.39 is 11.4 Å². The van der Waals surface area contributed by atoms with Crippen LogP contribution in [0.25, 0.3) is 22.6 Å². The first-order valence-corrected chi connectivity index (χ1v) is 8.22. The summed E-state index contributed by atoms with van der Waals surface area (Å²) in [6.45, 7) is 4.06. The highest BCUT2D eigenvalue weighted by atomic mass is 35.5. The SMILES string of the molecule is CCn1c(C)c(-c2cnccn2)c(=O)c(C(=O)O)c1-c1ccc(Cl)cn1. The number of nitrogens with zero attached hydrogens (tertiary/aromatic N) is 4. The number of aromatic carboxylic acids is 1. The van der Waals surface area contributed by atoms with E-state index in [0.29, 0.717) is 28.6 Å². The molecule has 0 spiro atoms. The van der Waals surface area contributed by atoms with Crippen molar-refractivity contribution in [3.8, 4) is 22.6 Å². The molecule has 0 fully saturated rings. The normalized spacial score (nSPS) is 10.7. The lowest BCUT2D eigenvalue weighted by Gasteiger charge is -2.20. The number of rotatable bonds is 4. The Morgan fingerprint density at radius 1 is 1.19 bits per heavy atom. The van der Waals surface area contributed by atoms with E-state index in [2.05, 4.69) is 15.0 Å². The van der Waals surface area contributed by atoms with Crippen LogP contribution >= 0.6 is 11.6 Å². The largest absolute Gasteiger partial charge is 0.477 e. The monoisotopic (exact) mass is 370 g/mol. The zero-order chi connectivity index (χ0) is 18.8. The van der Waals surface area contributed by atoms with Crippen molar-refractivity contribution in [3.63, 3.8) is 0 Å². The van der Waals surface area contributed by atoms with Gasteiger partial charge in [0, 0.05) is 30.8 Å². The van der Waals surface area contributed by atoms with Gasteiger partial charge in [0.1, 0.15) is 5.56 Å². The highest BCUT2D eigenvalue weighted by Crippen LogP contribution is 2.27. The van der Waals surface area contributed by atoms with Crippen molar-refractivity contribution >= 4 is 17.6 Å². The van der Waals surface area contributed by atoms with E-state index in [4.69, 9.17) is 11.6 Å². The van der Waals surface area contributed by atoms with Crippen molar-refractivity contribution in [1.29, 1.82) is 0 Å². The smallest absolute Gasteiger partial charge is 0.341 e. The highest BCUT2D eigenvalue weighted by molar-refractivity contribution is 6.30. The molecule has 0 bridgehead atoms. The molecule has 0 aliphatic heterocycles. The molecule has 0 aliphatic rings. The molecule has 7 nitrogen and oxygen atoms in total. The van der Waals surface area contributed by atoms with Crippen LogP contribution in [0.15, 0.2) is 41.7 Å². The van der Waals surface area contributed by atoms with Gasteiger partial charge < -0.3 is 9.67 Å². The molecule has 0 saturated carbocycles. The average molecular weight is 371 g/mol. The van der Waals surface area contributed by atoms with Crippen molar-refractivity contribution in [2.24, 2.45) is 0 Å². The summed E-state index contributed by atoms with van der Waals surface area (Å²) in [5, 5.41) is 10.2. The van der Waals surface area contributed by atoms with E-state index >= 15 is 0 Å². The summed E-state index contributed by atoms with van der Waals surface area (Å²) in [4.78, 5) is 37.3. The van der Waals surface area contributed by atoms with Crippen LogP contribution in [-0.4, -0.2) is 30.6 Å². The van der Waals surface area contributed by atoms with Gasteiger partial charge in [0.25, 0.3) is 0 Å². The minimum absolute atomic E-state index is 0.218. The van der Waals surface area contributed by atoms with Crippen LogP contribution in [0.5, 0.6) is 0 Å². The summed E-state index contributed by atoms with van der Waals surface area (Å²) in [6, 6.07) is 3.20. The van der Waals surface area contributed by atoms with Crippen LogP contribution in [-0.2, 0) is 6.54 Å². The van der Waals surface area contributed by atoms with Crippen molar-refractivity contribution in [3.05, 3.63) is 63.4 Å². The van der Waals surface area contributed by atoms with E-state index in [1.807, 2.05) is 6.92 Å². The summed E-state index contributed by atoms with van der Waals surface area (Å²) in [7, 11) is 0. The summed E-state index contributed by atoms with van der Waals surface area (Å²) in [5.41, 5.74) is 0.770. The summed E-state index contributed by atoms with van der Waals surface area (Å²) in [6.07, 6.45) is 5.80. The third-order valence-corrected chi connectivity index (χ3v) is 4.27. The standard InChI is InChI=1S/C18H15ClN4O3/c1-3-23-10(2)14(13-9-20-6-7-21-13)17(24)15(18(25)26)16(23)12-5-4-11(19)8-22-12/h4-9H,3H2,1-2H3,(H,25,26). The molecule has 3 aromatic heterocycles. The second-order valence-electron chi connectivity index (χ2n) is 5.51. The molecule has 0 atom stereocenters. The number of carboxylic acid groups (broad SMARTS) is 1. The lowest BCUT2D eigenvalue weighted by Crippen LogP contribution is -2.25. The van der Waals surface area contributed by atoms with Gasteiger partial charge in [0.2, 0.25) is 5.43 Å². The number of hydrogen-bond donors (Lipinski definition) is 1. The number of carbonyl (C=O) groups is 1. The summed E-state index contributed by atoms with van der Waals surface area (Å²) in [5.74, 6) is -1.32. The first-order valence-electron chi connectivity index (χ1n) is 7.84. The molecule has 0 aromatic carbocycles. The van der Waals surface area contributed by atoms with Crippen molar-refractivity contribution < 1.29 is 9.90 Å². The lowest BCUT2D eigenvalue weighted by atomic mass is 10.0. The number of hydrogen-bond acceptors (Lipinski definition) is 5. The van der Waals surface area contributed by atoms with E-state index in [1.54, 1.807) is 23.6 Å². The molecule has 3 heterocycles. The van der Waals surface area contributed by atoms with Gasteiger partial charge in [0.05, 0.1) is 33.9 Å². The van der Waals surface area contributed by atoms with Gasteiger partial charge in [-0.25, -0.2) is 4.79 Å². The van der Waals surface area contributed by atoms with Crippen LogP contribution in [0.4, 0.5) is 0 Å². The number of carboxylic acids is 1. The van der Waals surface area contributed by atoms with Gasteiger partial charge in [-0.1, -0.05) is 11.6 Å². The average Bonchev–Trinajstić information content (AvgIpc) is 2.62. The van der Waals surface area contributed by atoms with Gasteiger partial charge in [-0.05, 0) is 26.0 Å². The maximum Gasteiger partial charge on any atom is 0.341 e. The number of pyridine rings is 2. The molecular weight excluding hydrogens is 356 g/mol. The van der Waals surface area contributed by atoms with Gasteiger partial charge in [0.15, 0.2) is 0 Å². The summed E-state index contributed by atoms with van der Waals surface area (Å²) < 4.78 is 1.74. The molecule has 0 unspecified atom stereocenters. The maximum absolute atomic E-state index is 13.0. The Balaban J connectivity index is 2.45. The van der Waals surface area contributed by atoms with Crippen molar-refractivity contribution in [2.75, 3.05) is 0 Å². The van der Waals surface area contributed by atoms with Gasteiger partial charge in [-0.2, -0.15) is 0 Å². The minimum atomic E-state index is -1.32. The predicted octanol–water partition coefficient (Wildman–Crippen LogP) is 3.05. The molecule has 132 valence electrons. The first-order chi connectivity index (χ1) is 12.5. The molecular formula is C18H15ClN4O3. The third kappa shape index (κ3) is 2.97. The Kier molecular flexibility index (Phi) is 4.81. The number of aromatic nitrogens is 4. The lowest BCUT2D eigenvalue weighted by molar-refractivity contribution is 0.0695. The fourth-order valence-corrected chi connectivity index (χ4v) is 3.05. The second kappa shape index (κ2) is 7.05. The maximum atomic E-state index is 13.0. The highest BCUT2D eigenvalue weighted by Gasteiger charge is 2.26. The van der Waals surface area contributed by atoms with Gasteiger partial charge in [-0.15, -0.1) is 0 Å². The minimum Gasteiger partial charge on any atom is -0.477 e. The van der Waals surface area contributed by atoms with Crippen LogP contribution in [0, 0.1) is 6.92 Å². The Bertz CT molecular complexity index is 1030. The fraction of sp³-hybridized carbons (Fsp3) is 0.167. The van der Waals surface area contributed by atoms with Gasteiger partial charge >= 0.3 is 5.97 Å². The zero-order valence-electron chi connectivity index (χ0n) is 14.1. The van der Waals surface area contributed by atoms with E-state index in [-0.39, 0.29) is 16.8 Å². The molecule has 3 aromatic rings. The van der Waals surface area contributed by atoms with Crippen molar-refractivity contribution in [1.82, 2.24) is 19.5 Å². The van der Waals surface area contributed by atoms with E-state index in [0.717, 1.165) is 0 Å². The molecule has 0 aliphatic carbocycles. The predicted molar refractivity (Wildman–Crippen MR) is 97.3 cm³/mol. The molecule has 26 heavy (non-hydrogen) atoms. The van der Waals surface area contributed by atoms with Crippen LogP contribution in [0.3, 0.4) is 0 Å². The molecule has 0 amide bonds.